The average Bonchev–Trinajstić information content (AvgIpc) is 2.56. The first-order valence-corrected chi connectivity index (χ1v) is 9.97. The Hall–Kier alpha value is -1.44. The summed E-state index contributed by atoms with van der Waals surface area (Å²) in [7, 11) is -0.519. The van der Waals surface area contributed by atoms with Crippen molar-refractivity contribution in [1.29, 1.82) is 0 Å². The van der Waals surface area contributed by atoms with Gasteiger partial charge in [0.25, 0.3) is 5.91 Å². The summed E-state index contributed by atoms with van der Waals surface area (Å²) in [6, 6.07) is 6.36. The van der Waals surface area contributed by atoms with Crippen LogP contribution in [0.25, 0.3) is 0 Å². The number of anilines is 1. The monoisotopic (exact) mass is 354 g/mol. The summed E-state index contributed by atoms with van der Waals surface area (Å²) in [5, 5.41) is 4.83. The topological polar surface area (TPSA) is 83.1 Å². The number of nitrogens with one attached hydrogen (secondary N) is 1. The van der Waals surface area contributed by atoms with Gasteiger partial charge in [-0.05, 0) is 31.0 Å². The normalized spacial score (nSPS) is 16.3. The molecule has 3 N–H and O–H groups in total. The molecule has 1 amide bonds. The van der Waals surface area contributed by atoms with Crippen molar-refractivity contribution < 1.29 is 18.5 Å². The van der Waals surface area contributed by atoms with Crippen molar-refractivity contribution in [3.63, 3.8) is 0 Å². The molecule has 6 nitrogen and oxygen atoms in total. The summed E-state index contributed by atoms with van der Waals surface area (Å²) in [6.45, 7) is 1.35. The van der Waals surface area contributed by atoms with Gasteiger partial charge in [0.15, 0.2) is 6.54 Å². The lowest BCUT2D eigenvalue weighted by molar-refractivity contribution is -0.649. The number of benzene rings is 1. The number of hydrogen-bond donors (Lipinski definition) is 2. The molecule has 1 aliphatic rings. The highest BCUT2D eigenvalue weighted by Gasteiger charge is 2.18. The van der Waals surface area contributed by atoms with Crippen LogP contribution in [0, 0.1) is 5.92 Å². The van der Waals surface area contributed by atoms with Crippen molar-refractivity contribution in [1.82, 2.24) is 4.31 Å². The first-order chi connectivity index (χ1) is 11.4. The number of sulfonamides is 1. The zero-order valence-electron chi connectivity index (χ0n) is 14.5. The van der Waals surface area contributed by atoms with E-state index in [1.165, 1.54) is 58.3 Å². The Morgan fingerprint density at radius 2 is 1.96 bits per heavy atom. The van der Waals surface area contributed by atoms with Crippen molar-refractivity contribution in [3.8, 4) is 0 Å². The zero-order chi connectivity index (χ0) is 17.6. The molecule has 0 bridgehead atoms. The molecule has 1 aromatic carbocycles. The van der Waals surface area contributed by atoms with Gasteiger partial charge in [0.2, 0.25) is 10.0 Å². The second-order valence-corrected chi connectivity index (χ2v) is 8.75. The highest BCUT2D eigenvalue weighted by molar-refractivity contribution is 7.89. The number of carbonyl (C=O) groups is 1. The average molecular weight is 354 g/mol. The van der Waals surface area contributed by atoms with E-state index in [0.29, 0.717) is 12.2 Å². The fourth-order valence-corrected chi connectivity index (χ4v) is 3.98. The van der Waals surface area contributed by atoms with Crippen molar-refractivity contribution in [3.05, 3.63) is 24.3 Å². The quantitative estimate of drug-likeness (QED) is 0.767. The maximum Gasteiger partial charge on any atom is 0.279 e. The number of rotatable bonds is 7. The van der Waals surface area contributed by atoms with Crippen LogP contribution in [0.3, 0.4) is 0 Å². The second kappa shape index (κ2) is 8.60. The summed E-state index contributed by atoms with van der Waals surface area (Å²) in [5.74, 6) is 0.616. The Morgan fingerprint density at radius 3 is 2.62 bits per heavy atom. The van der Waals surface area contributed by atoms with Gasteiger partial charge in [-0.15, -0.1) is 0 Å². The van der Waals surface area contributed by atoms with Gasteiger partial charge in [0, 0.05) is 25.7 Å². The smallest absolute Gasteiger partial charge is 0.279 e. The van der Waals surface area contributed by atoms with Crippen LogP contribution in [0.2, 0.25) is 0 Å². The minimum atomic E-state index is -3.49. The van der Waals surface area contributed by atoms with Crippen LogP contribution in [0.4, 0.5) is 5.69 Å². The molecule has 2 rings (SSSR count). The molecule has 0 unspecified atom stereocenters. The van der Waals surface area contributed by atoms with Gasteiger partial charge in [0.05, 0.1) is 11.4 Å². The van der Waals surface area contributed by atoms with E-state index < -0.39 is 10.0 Å². The summed E-state index contributed by atoms with van der Waals surface area (Å²) in [5.41, 5.74) is 0.508. The molecular formula is C17H28N3O3S+. The molecule has 0 saturated heterocycles. The van der Waals surface area contributed by atoms with Crippen molar-refractivity contribution >= 4 is 21.6 Å². The Morgan fingerprint density at radius 1 is 1.25 bits per heavy atom. The first kappa shape index (κ1) is 18.9. The van der Waals surface area contributed by atoms with Crippen LogP contribution in [0.15, 0.2) is 29.2 Å². The predicted molar refractivity (Wildman–Crippen MR) is 94.2 cm³/mol. The number of nitrogens with two attached hydrogens (primary N) is 1. The fourth-order valence-electron chi connectivity index (χ4n) is 3.03. The van der Waals surface area contributed by atoms with Crippen molar-refractivity contribution in [2.45, 2.75) is 37.0 Å². The van der Waals surface area contributed by atoms with Gasteiger partial charge >= 0.3 is 0 Å². The van der Waals surface area contributed by atoms with Crippen LogP contribution in [-0.2, 0) is 14.8 Å². The number of quaternary nitrogens is 1. The Bertz CT molecular complexity index is 653. The molecule has 0 aromatic heterocycles. The molecule has 24 heavy (non-hydrogen) atoms. The zero-order valence-corrected chi connectivity index (χ0v) is 15.3. The lowest BCUT2D eigenvalue weighted by atomic mass is 9.89. The predicted octanol–water partition coefficient (Wildman–Crippen LogP) is 1.02. The van der Waals surface area contributed by atoms with E-state index >= 15 is 0 Å². The molecule has 0 atom stereocenters. The molecule has 1 aromatic rings. The van der Waals surface area contributed by atoms with Crippen LogP contribution in [0.5, 0.6) is 0 Å². The van der Waals surface area contributed by atoms with Gasteiger partial charge in [-0.1, -0.05) is 25.3 Å². The molecule has 1 aliphatic carbocycles. The minimum Gasteiger partial charge on any atom is -0.338 e. The SMILES string of the molecule is CN(C)S(=O)(=O)c1cccc(NC(=O)C[NH2+]CC2CCCCC2)c1. The largest absolute Gasteiger partial charge is 0.338 e. The van der Waals surface area contributed by atoms with Crippen LogP contribution in [0.1, 0.15) is 32.1 Å². The number of nitrogens with zero attached hydrogens (tertiary/aromatic N) is 1. The number of hydrogen-bond acceptors (Lipinski definition) is 3. The van der Waals surface area contributed by atoms with Crippen molar-refractivity contribution in [2.24, 2.45) is 5.92 Å². The molecule has 0 radical (unpaired) electrons. The van der Waals surface area contributed by atoms with Crippen molar-refractivity contribution in [2.75, 3.05) is 32.5 Å². The molecule has 0 heterocycles. The molecule has 1 saturated carbocycles. The van der Waals surface area contributed by atoms with Crippen LogP contribution < -0.4 is 10.6 Å². The lowest BCUT2D eigenvalue weighted by Crippen LogP contribution is -2.87. The van der Waals surface area contributed by atoms with Gasteiger partial charge in [-0.2, -0.15) is 0 Å². The number of carbonyl (C=O) groups excluding carboxylic acids is 1. The van der Waals surface area contributed by atoms with Gasteiger partial charge in [0.1, 0.15) is 0 Å². The maximum atomic E-state index is 12.1. The highest BCUT2D eigenvalue weighted by Crippen LogP contribution is 2.22. The standard InChI is InChI=1S/C17H27N3O3S/c1-20(2)24(22,23)16-10-6-9-15(11-16)19-17(21)13-18-12-14-7-4-3-5-8-14/h6,9-11,14,18H,3-5,7-8,12-13H2,1-2H3,(H,19,21)/p+1. The summed E-state index contributed by atoms with van der Waals surface area (Å²) >= 11 is 0. The van der Waals surface area contributed by atoms with E-state index in [2.05, 4.69) is 5.32 Å². The second-order valence-electron chi connectivity index (χ2n) is 6.60. The Labute approximate surface area is 144 Å². The van der Waals surface area contributed by atoms with E-state index in [1.807, 2.05) is 5.32 Å². The molecule has 7 heteroatoms. The van der Waals surface area contributed by atoms with E-state index in [9.17, 15) is 13.2 Å². The van der Waals surface area contributed by atoms with E-state index in [-0.39, 0.29) is 10.8 Å². The first-order valence-electron chi connectivity index (χ1n) is 8.53. The van der Waals surface area contributed by atoms with Gasteiger partial charge in [-0.25, -0.2) is 12.7 Å². The third-order valence-electron chi connectivity index (χ3n) is 4.45. The fraction of sp³-hybridized carbons (Fsp3) is 0.588. The summed E-state index contributed by atoms with van der Waals surface area (Å²) in [4.78, 5) is 12.2. The van der Waals surface area contributed by atoms with Crippen LogP contribution >= 0.6 is 0 Å². The lowest BCUT2D eigenvalue weighted by Gasteiger charge is -2.19. The van der Waals surface area contributed by atoms with E-state index in [1.54, 1.807) is 12.1 Å². The third-order valence-corrected chi connectivity index (χ3v) is 6.26. The maximum absolute atomic E-state index is 12.1. The molecule has 0 aliphatic heterocycles. The van der Waals surface area contributed by atoms with E-state index in [4.69, 9.17) is 0 Å². The third kappa shape index (κ3) is 5.29. The molecule has 0 spiro atoms. The van der Waals surface area contributed by atoms with Gasteiger partial charge in [-0.3, -0.25) is 4.79 Å². The van der Waals surface area contributed by atoms with Gasteiger partial charge < -0.3 is 10.6 Å². The molecule has 134 valence electrons. The number of amides is 1. The Kier molecular flexibility index (Phi) is 6.77. The molecule has 1 fully saturated rings. The Balaban J connectivity index is 1.85. The van der Waals surface area contributed by atoms with E-state index in [0.717, 1.165) is 16.8 Å². The summed E-state index contributed by atoms with van der Waals surface area (Å²) < 4.78 is 25.4. The highest BCUT2D eigenvalue weighted by atomic mass is 32.2. The minimum absolute atomic E-state index is 0.106. The molecular weight excluding hydrogens is 326 g/mol. The van der Waals surface area contributed by atoms with Crippen LogP contribution in [-0.4, -0.2) is 45.8 Å². The summed E-state index contributed by atoms with van der Waals surface area (Å²) in [6.07, 6.45) is 6.48.